The van der Waals surface area contributed by atoms with Gasteiger partial charge in [0, 0.05) is 5.46 Å². The van der Waals surface area contributed by atoms with Gasteiger partial charge in [-0.1, -0.05) is 0 Å². The molecule has 1 aromatic rings. The molecule has 1 aromatic heterocycles. The van der Waals surface area contributed by atoms with E-state index in [1.54, 1.807) is 16.2 Å². The van der Waals surface area contributed by atoms with Crippen LogP contribution in [0.25, 0.3) is 0 Å². The average Bonchev–Trinajstić information content (AvgIpc) is 2.85. The van der Waals surface area contributed by atoms with Crippen molar-refractivity contribution < 1.29 is 23.6 Å². The summed E-state index contributed by atoms with van der Waals surface area (Å²) >= 11 is 1.56. The van der Waals surface area contributed by atoms with E-state index in [4.69, 9.17) is 18.8 Å². The summed E-state index contributed by atoms with van der Waals surface area (Å²) in [6.07, 6.45) is -0.320. The van der Waals surface area contributed by atoms with Gasteiger partial charge in [0.25, 0.3) is 0 Å². The average molecular weight is 381 g/mol. The molecule has 0 bridgehead atoms. The number of hydrogen-bond acceptors (Lipinski definition) is 6. The highest BCUT2D eigenvalue weighted by atomic mass is 32.1. The van der Waals surface area contributed by atoms with E-state index >= 15 is 0 Å². The van der Waals surface area contributed by atoms with Gasteiger partial charge < -0.3 is 18.8 Å². The van der Waals surface area contributed by atoms with Crippen LogP contribution < -0.4 is 10.2 Å². The SMILES string of the molecule is CC(C)(C)OC(=O)N1CCOc2c(B3OC(C)(C)C(C)(C)O3)csc2C1. The van der Waals surface area contributed by atoms with E-state index in [2.05, 4.69) is 0 Å². The van der Waals surface area contributed by atoms with Crippen LogP contribution in [-0.2, 0) is 20.6 Å². The summed E-state index contributed by atoms with van der Waals surface area (Å²) in [7, 11) is -0.465. The summed E-state index contributed by atoms with van der Waals surface area (Å²) < 4.78 is 23.8. The number of fused-ring (bicyclic) bond motifs is 1. The van der Waals surface area contributed by atoms with Crippen LogP contribution in [0.5, 0.6) is 5.75 Å². The van der Waals surface area contributed by atoms with Crippen molar-refractivity contribution in [2.45, 2.75) is 71.8 Å². The molecule has 1 saturated heterocycles. The molecule has 1 amide bonds. The fourth-order valence-corrected chi connectivity index (χ4v) is 3.80. The maximum atomic E-state index is 12.4. The van der Waals surface area contributed by atoms with Crippen LogP contribution in [0, 0.1) is 0 Å². The fourth-order valence-electron chi connectivity index (χ4n) is 2.80. The van der Waals surface area contributed by atoms with Crippen molar-refractivity contribution in [3.63, 3.8) is 0 Å². The van der Waals surface area contributed by atoms with Gasteiger partial charge in [-0.3, -0.25) is 4.90 Å². The molecule has 3 heterocycles. The molecule has 0 saturated carbocycles. The molecule has 0 atom stereocenters. The van der Waals surface area contributed by atoms with Crippen molar-refractivity contribution in [2.24, 2.45) is 0 Å². The second kappa shape index (κ2) is 6.42. The van der Waals surface area contributed by atoms with E-state index in [1.165, 1.54) is 0 Å². The Bertz CT molecular complexity index is 678. The zero-order valence-corrected chi connectivity index (χ0v) is 17.5. The molecule has 2 aliphatic heterocycles. The Morgan fingerprint density at radius 2 is 1.85 bits per heavy atom. The number of nitrogens with zero attached hydrogens (tertiary/aromatic N) is 1. The Labute approximate surface area is 159 Å². The largest absolute Gasteiger partial charge is 0.499 e. The molecule has 2 aliphatic rings. The Balaban J connectivity index is 1.79. The summed E-state index contributed by atoms with van der Waals surface area (Å²) in [5.41, 5.74) is -0.426. The standard InChI is InChI=1S/C18H28BNO5S/c1-16(2,3)23-15(21)20-8-9-22-14-12(11-26-13(14)10-20)19-24-17(4,5)18(6,7)25-19/h11H,8-10H2,1-7H3. The lowest BCUT2D eigenvalue weighted by Gasteiger charge is -2.32. The summed E-state index contributed by atoms with van der Waals surface area (Å²) in [4.78, 5) is 15.1. The smallest absolute Gasteiger partial charge is 0.491 e. The molecule has 0 radical (unpaired) electrons. The highest BCUT2D eigenvalue weighted by Gasteiger charge is 2.53. The van der Waals surface area contributed by atoms with Gasteiger partial charge in [0.15, 0.2) is 0 Å². The monoisotopic (exact) mass is 381 g/mol. The number of amides is 1. The first-order valence-corrected chi connectivity index (χ1v) is 9.84. The van der Waals surface area contributed by atoms with Gasteiger partial charge in [-0.2, -0.15) is 0 Å². The normalized spacial score (nSPS) is 21.8. The van der Waals surface area contributed by atoms with Gasteiger partial charge in [-0.15, -0.1) is 11.3 Å². The zero-order valence-electron chi connectivity index (χ0n) is 16.7. The first-order valence-electron chi connectivity index (χ1n) is 8.96. The number of hydrogen-bond donors (Lipinski definition) is 0. The van der Waals surface area contributed by atoms with Gasteiger partial charge in [0.05, 0.1) is 29.2 Å². The van der Waals surface area contributed by atoms with Crippen molar-refractivity contribution in [1.82, 2.24) is 4.90 Å². The van der Waals surface area contributed by atoms with Crippen molar-refractivity contribution in [2.75, 3.05) is 13.2 Å². The van der Waals surface area contributed by atoms with Crippen LogP contribution in [-0.4, -0.2) is 48.1 Å². The second-order valence-corrected chi connectivity index (χ2v) is 9.75. The first kappa shape index (κ1) is 19.5. The van der Waals surface area contributed by atoms with Crippen LogP contribution in [0.4, 0.5) is 4.79 Å². The van der Waals surface area contributed by atoms with E-state index in [9.17, 15) is 4.79 Å². The van der Waals surface area contributed by atoms with Crippen molar-refractivity contribution in [1.29, 1.82) is 0 Å². The van der Waals surface area contributed by atoms with Crippen molar-refractivity contribution >= 4 is 30.0 Å². The van der Waals surface area contributed by atoms with Gasteiger partial charge in [-0.05, 0) is 53.8 Å². The summed E-state index contributed by atoms with van der Waals surface area (Å²) in [6.45, 7) is 15.1. The van der Waals surface area contributed by atoms with Gasteiger partial charge in [0.2, 0.25) is 0 Å². The van der Waals surface area contributed by atoms with E-state index < -0.39 is 23.9 Å². The fraction of sp³-hybridized carbons (Fsp3) is 0.722. The second-order valence-electron chi connectivity index (χ2n) is 8.78. The van der Waals surface area contributed by atoms with Crippen LogP contribution in [0.2, 0.25) is 0 Å². The molecule has 0 N–H and O–H groups in total. The van der Waals surface area contributed by atoms with Crippen LogP contribution in [0.15, 0.2) is 5.38 Å². The van der Waals surface area contributed by atoms with Crippen molar-refractivity contribution in [3.8, 4) is 5.75 Å². The Morgan fingerprint density at radius 3 is 2.42 bits per heavy atom. The molecule has 26 heavy (non-hydrogen) atoms. The van der Waals surface area contributed by atoms with Gasteiger partial charge >= 0.3 is 13.2 Å². The molecule has 144 valence electrons. The molecule has 3 rings (SSSR count). The maximum absolute atomic E-state index is 12.4. The third kappa shape index (κ3) is 3.73. The Kier molecular flexibility index (Phi) is 4.82. The van der Waals surface area contributed by atoms with E-state index in [1.807, 2.05) is 53.8 Å². The predicted octanol–water partition coefficient (Wildman–Crippen LogP) is 3.18. The number of rotatable bonds is 1. The molecule has 6 nitrogen and oxygen atoms in total. The van der Waals surface area contributed by atoms with Crippen LogP contribution in [0.1, 0.15) is 53.3 Å². The minimum Gasteiger partial charge on any atom is -0.491 e. The molecule has 0 aromatic carbocycles. The van der Waals surface area contributed by atoms with Crippen LogP contribution >= 0.6 is 11.3 Å². The van der Waals surface area contributed by atoms with Crippen LogP contribution in [0.3, 0.4) is 0 Å². The van der Waals surface area contributed by atoms with E-state index in [0.717, 1.165) is 16.1 Å². The highest BCUT2D eigenvalue weighted by Crippen LogP contribution is 2.38. The lowest BCUT2D eigenvalue weighted by Crippen LogP contribution is -2.41. The molecule has 1 fully saturated rings. The summed E-state index contributed by atoms with van der Waals surface area (Å²) in [5.74, 6) is 0.777. The zero-order chi connectivity index (χ0) is 19.3. The third-order valence-electron chi connectivity index (χ3n) is 4.94. The Morgan fingerprint density at radius 1 is 1.23 bits per heavy atom. The minimum absolute atomic E-state index is 0.320. The quantitative estimate of drug-likeness (QED) is 0.700. The number of carbonyl (C=O) groups is 1. The molecule has 0 spiro atoms. The van der Waals surface area contributed by atoms with E-state index in [0.29, 0.717) is 19.7 Å². The lowest BCUT2D eigenvalue weighted by atomic mass is 9.80. The maximum Gasteiger partial charge on any atom is 0.499 e. The molecule has 8 heteroatoms. The number of carbonyl (C=O) groups excluding carboxylic acids is 1. The highest BCUT2D eigenvalue weighted by molar-refractivity contribution is 7.11. The summed E-state index contributed by atoms with van der Waals surface area (Å²) in [6, 6.07) is 0. The first-order chi connectivity index (χ1) is 11.9. The molecule has 0 unspecified atom stereocenters. The number of thiophene rings is 1. The Hall–Kier alpha value is -1.25. The summed E-state index contributed by atoms with van der Waals surface area (Å²) in [5, 5.41) is 2.01. The predicted molar refractivity (Wildman–Crippen MR) is 102 cm³/mol. The topological polar surface area (TPSA) is 57.2 Å². The molecule has 0 aliphatic carbocycles. The van der Waals surface area contributed by atoms with Gasteiger partial charge in [0.1, 0.15) is 18.0 Å². The van der Waals surface area contributed by atoms with E-state index in [-0.39, 0.29) is 6.09 Å². The molecular formula is C18H28BNO5S. The van der Waals surface area contributed by atoms with Gasteiger partial charge in [-0.25, -0.2) is 4.79 Å². The lowest BCUT2D eigenvalue weighted by molar-refractivity contribution is 0.00578. The van der Waals surface area contributed by atoms with Crippen molar-refractivity contribution in [3.05, 3.63) is 10.3 Å². The number of ether oxygens (including phenoxy) is 2. The molecular weight excluding hydrogens is 353 g/mol. The third-order valence-corrected chi connectivity index (χ3v) is 5.92. The minimum atomic E-state index is -0.517.